The minimum Gasteiger partial charge on any atom is -0.495 e. The monoisotopic (exact) mass is 441 g/mol. The summed E-state index contributed by atoms with van der Waals surface area (Å²) in [6.07, 6.45) is 1.58. The number of hydrogen-bond donors (Lipinski definition) is 1. The van der Waals surface area contributed by atoms with E-state index in [4.69, 9.17) is 21.1 Å². The molecule has 0 spiro atoms. The SMILES string of the molecule is COc1cc(Cl)c(C)cc1NC(=O)COC(=O)/C(=C/c1ccccc1)n1nnnc1C. The van der Waals surface area contributed by atoms with E-state index in [2.05, 4.69) is 20.8 Å². The molecular formula is C21H20ClN5O4. The Balaban J connectivity index is 1.74. The van der Waals surface area contributed by atoms with Crippen LogP contribution in [0.25, 0.3) is 11.8 Å². The molecule has 0 saturated heterocycles. The Kier molecular flexibility index (Phi) is 6.99. The standard InChI is InChI=1S/C21H20ClN5O4/c1-13-9-17(19(30-3)11-16(13)22)23-20(28)12-31-21(29)18(27-14(2)24-25-26-27)10-15-7-5-4-6-8-15/h4-11H,12H2,1-3H3,(H,23,28)/b18-10-. The molecule has 1 heterocycles. The number of ether oxygens (including phenoxy) is 2. The number of amides is 1. The number of aromatic nitrogens is 4. The van der Waals surface area contributed by atoms with E-state index in [9.17, 15) is 9.59 Å². The maximum absolute atomic E-state index is 12.7. The summed E-state index contributed by atoms with van der Waals surface area (Å²) in [5.41, 5.74) is 2.00. The number of tetrazole rings is 1. The van der Waals surface area contributed by atoms with Crippen molar-refractivity contribution in [2.24, 2.45) is 0 Å². The zero-order valence-corrected chi connectivity index (χ0v) is 17.9. The summed E-state index contributed by atoms with van der Waals surface area (Å²) in [7, 11) is 1.46. The van der Waals surface area contributed by atoms with E-state index in [1.807, 2.05) is 30.3 Å². The average molecular weight is 442 g/mol. The Morgan fingerprint density at radius 1 is 1.19 bits per heavy atom. The van der Waals surface area contributed by atoms with Gasteiger partial charge in [0, 0.05) is 11.1 Å². The van der Waals surface area contributed by atoms with Crippen LogP contribution in [0, 0.1) is 13.8 Å². The van der Waals surface area contributed by atoms with E-state index < -0.39 is 18.5 Å². The van der Waals surface area contributed by atoms with Gasteiger partial charge >= 0.3 is 5.97 Å². The highest BCUT2D eigenvalue weighted by Crippen LogP contribution is 2.30. The highest BCUT2D eigenvalue weighted by atomic mass is 35.5. The fraction of sp³-hybridized carbons (Fsp3) is 0.190. The highest BCUT2D eigenvalue weighted by Gasteiger charge is 2.19. The zero-order chi connectivity index (χ0) is 22.4. The van der Waals surface area contributed by atoms with Crippen molar-refractivity contribution in [3.63, 3.8) is 0 Å². The molecule has 0 aliphatic heterocycles. The molecule has 31 heavy (non-hydrogen) atoms. The molecule has 0 saturated carbocycles. The molecule has 0 radical (unpaired) electrons. The average Bonchev–Trinajstić information content (AvgIpc) is 3.19. The van der Waals surface area contributed by atoms with Crippen LogP contribution in [0.1, 0.15) is 17.0 Å². The van der Waals surface area contributed by atoms with E-state index >= 15 is 0 Å². The predicted octanol–water partition coefficient (Wildman–Crippen LogP) is 3.13. The summed E-state index contributed by atoms with van der Waals surface area (Å²) in [4.78, 5) is 25.1. The molecule has 3 aromatic rings. The molecule has 0 aliphatic carbocycles. The molecule has 9 nitrogen and oxygen atoms in total. The molecule has 1 amide bonds. The zero-order valence-electron chi connectivity index (χ0n) is 17.1. The second-order valence-electron chi connectivity index (χ2n) is 6.50. The van der Waals surface area contributed by atoms with Crippen molar-refractivity contribution in [2.75, 3.05) is 19.0 Å². The minimum atomic E-state index is -0.756. The number of benzene rings is 2. The number of anilines is 1. The molecule has 1 N–H and O–H groups in total. The quantitative estimate of drug-likeness (QED) is 0.443. The lowest BCUT2D eigenvalue weighted by molar-refractivity contribution is -0.141. The van der Waals surface area contributed by atoms with Gasteiger partial charge in [0.2, 0.25) is 0 Å². The Morgan fingerprint density at radius 2 is 1.94 bits per heavy atom. The minimum absolute atomic E-state index is 0.0708. The maximum Gasteiger partial charge on any atom is 0.357 e. The Labute approximate surface area is 183 Å². The molecule has 0 aliphatic rings. The van der Waals surface area contributed by atoms with Crippen LogP contribution in [-0.2, 0) is 14.3 Å². The van der Waals surface area contributed by atoms with Gasteiger partial charge in [0.05, 0.1) is 12.8 Å². The number of halogens is 1. The van der Waals surface area contributed by atoms with Gasteiger partial charge in [0.25, 0.3) is 5.91 Å². The predicted molar refractivity (Wildman–Crippen MR) is 115 cm³/mol. The Morgan fingerprint density at radius 3 is 2.58 bits per heavy atom. The van der Waals surface area contributed by atoms with E-state index in [-0.39, 0.29) is 5.70 Å². The number of rotatable bonds is 7. The number of carbonyl (C=O) groups is 2. The van der Waals surface area contributed by atoms with Gasteiger partial charge < -0.3 is 14.8 Å². The summed E-state index contributed by atoms with van der Waals surface area (Å²) >= 11 is 6.08. The second-order valence-corrected chi connectivity index (χ2v) is 6.91. The molecule has 3 rings (SSSR count). The largest absolute Gasteiger partial charge is 0.495 e. The van der Waals surface area contributed by atoms with Crippen LogP contribution in [-0.4, -0.2) is 45.8 Å². The van der Waals surface area contributed by atoms with Gasteiger partial charge in [-0.05, 0) is 47.5 Å². The lowest BCUT2D eigenvalue weighted by atomic mass is 10.2. The van der Waals surface area contributed by atoms with Crippen molar-refractivity contribution in [2.45, 2.75) is 13.8 Å². The van der Waals surface area contributed by atoms with Gasteiger partial charge in [-0.1, -0.05) is 41.9 Å². The second kappa shape index (κ2) is 9.86. The van der Waals surface area contributed by atoms with Gasteiger partial charge in [0.15, 0.2) is 18.1 Å². The van der Waals surface area contributed by atoms with E-state index in [1.165, 1.54) is 11.8 Å². The molecule has 160 valence electrons. The fourth-order valence-electron chi connectivity index (χ4n) is 2.69. The number of carbonyl (C=O) groups excluding carboxylic acids is 2. The summed E-state index contributed by atoms with van der Waals surface area (Å²) in [6, 6.07) is 12.4. The third-order valence-electron chi connectivity index (χ3n) is 4.25. The number of nitrogens with zero attached hydrogens (tertiary/aromatic N) is 4. The van der Waals surface area contributed by atoms with Crippen LogP contribution in [0.4, 0.5) is 5.69 Å². The van der Waals surface area contributed by atoms with Crippen LogP contribution < -0.4 is 10.1 Å². The maximum atomic E-state index is 12.7. The van der Waals surface area contributed by atoms with Crippen LogP contribution in [0.15, 0.2) is 42.5 Å². The number of hydrogen-bond acceptors (Lipinski definition) is 7. The molecule has 0 atom stereocenters. The van der Waals surface area contributed by atoms with Crippen molar-refractivity contribution in [1.29, 1.82) is 0 Å². The Hall–Kier alpha value is -3.72. The van der Waals surface area contributed by atoms with Gasteiger partial charge in [-0.25, -0.2) is 4.79 Å². The first-order valence-corrected chi connectivity index (χ1v) is 9.60. The molecule has 0 fully saturated rings. The third kappa shape index (κ3) is 5.46. The number of esters is 1. The number of nitrogens with one attached hydrogen (secondary N) is 1. The van der Waals surface area contributed by atoms with Gasteiger partial charge in [-0.3, -0.25) is 4.79 Å². The van der Waals surface area contributed by atoms with E-state index in [1.54, 1.807) is 32.1 Å². The number of aryl methyl sites for hydroxylation is 2. The van der Waals surface area contributed by atoms with E-state index in [0.29, 0.717) is 22.3 Å². The Bertz CT molecular complexity index is 1130. The first kappa shape index (κ1) is 22.0. The van der Waals surface area contributed by atoms with Crippen molar-refractivity contribution in [3.05, 3.63) is 64.4 Å². The van der Waals surface area contributed by atoms with Crippen LogP contribution in [0.5, 0.6) is 5.75 Å². The fourth-order valence-corrected chi connectivity index (χ4v) is 2.84. The van der Waals surface area contributed by atoms with Gasteiger partial charge in [0.1, 0.15) is 5.75 Å². The van der Waals surface area contributed by atoms with Crippen LogP contribution in [0.2, 0.25) is 5.02 Å². The van der Waals surface area contributed by atoms with Crippen molar-refractivity contribution < 1.29 is 19.1 Å². The highest BCUT2D eigenvalue weighted by molar-refractivity contribution is 6.31. The smallest absolute Gasteiger partial charge is 0.357 e. The van der Waals surface area contributed by atoms with E-state index in [0.717, 1.165) is 11.1 Å². The van der Waals surface area contributed by atoms with Crippen LogP contribution >= 0.6 is 11.6 Å². The van der Waals surface area contributed by atoms with Gasteiger partial charge in [-0.2, -0.15) is 4.68 Å². The van der Waals surface area contributed by atoms with Crippen molar-refractivity contribution in [3.8, 4) is 5.75 Å². The molecule has 0 bridgehead atoms. The van der Waals surface area contributed by atoms with Crippen molar-refractivity contribution in [1.82, 2.24) is 20.2 Å². The molecule has 2 aromatic carbocycles. The summed E-state index contributed by atoms with van der Waals surface area (Å²) < 4.78 is 11.7. The normalized spacial score (nSPS) is 11.2. The topological polar surface area (TPSA) is 108 Å². The van der Waals surface area contributed by atoms with Crippen LogP contribution in [0.3, 0.4) is 0 Å². The number of methoxy groups -OCH3 is 1. The molecule has 10 heteroatoms. The van der Waals surface area contributed by atoms with Gasteiger partial charge in [-0.15, -0.1) is 5.10 Å². The lowest BCUT2D eigenvalue weighted by Crippen LogP contribution is -2.23. The third-order valence-corrected chi connectivity index (χ3v) is 4.66. The first-order valence-electron chi connectivity index (χ1n) is 9.22. The summed E-state index contributed by atoms with van der Waals surface area (Å²) in [5, 5.41) is 14.3. The molecule has 1 aromatic heterocycles. The first-order chi connectivity index (χ1) is 14.9. The molecule has 0 unspecified atom stereocenters. The lowest BCUT2D eigenvalue weighted by Gasteiger charge is -2.13. The van der Waals surface area contributed by atoms with Crippen molar-refractivity contribution >= 4 is 40.9 Å². The summed E-state index contributed by atoms with van der Waals surface area (Å²) in [5.74, 6) is -0.510. The summed E-state index contributed by atoms with van der Waals surface area (Å²) in [6.45, 7) is 2.93. The molecular weight excluding hydrogens is 422 g/mol.